The molecule has 1 aromatic rings. The van der Waals surface area contributed by atoms with E-state index in [0.717, 1.165) is 5.69 Å². The maximum Gasteiger partial charge on any atom is 0.0691 e. The van der Waals surface area contributed by atoms with Crippen LogP contribution in [0.4, 0.5) is 0 Å². The second-order valence-electron chi connectivity index (χ2n) is 4.49. The van der Waals surface area contributed by atoms with Crippen molar-refractivity contribution in [2.45, 2.75) is 66.2 Å². The first-order valence-electron chi connectivity index (χ1n) is 6.55. The number of fused-ring (bicyclic) bond motifs is 1. The predicted octanol–water partition coefficient (Wildman–Crippen LogP) is 3.81. The van der Waals surface area contributed by atoms with E-state index in [1.807, 2.05) is 13.8 Å². The fourth-order valence-corrected chi connectivity index (χ4v) is 2.30. The third kappa shape index (κ3) is 2.60. The maximum atomic E-state index is 4.34. The van der Waals surface area contributed by atoms with Crippen LogP contribution in [0.25, 0.3) is 0 Å². The molecule has 0 fully saturated rings. The number of aryl methyl sites for hydroxylation is 1. The molecule has 1 aliphatic carbocycles. The van der Waals surface area contributed by atoms with Crippen LogP contribution in [0.2, 0.25) is 0 Å². The van der Waals surface area contributed by atoms with E-state index < -0.39 is 0 Å². The SMILES string of the molecule is CC.Cc1nnc(C(C)C)c2c1CCCC2. The minimum atomic E-state index is 0.509. The van der Waals surface area contributed by atoms with Gasteiger partial charge >= 0.3 is 0 Å². The normalized spacial score (nSPS) is 14.1. The van der Waals surface area contributed by atoms with E-state index in [1.54, 1.807) is 0 Å². The van der Waals surface area contributed by atoms with Crippen LogP contribution in [-0.4, -0.2) is 10.2 Å². The Morgan fingerprint density at radius 2 is 1.50 bits per heavy atom. The van der Waals surface area contributed by atoms with Crippen LogP contribution in [0, 0.1) is 6.92 Å². The first-order valence-corrected chi connectivity index (χ1v) is 6.55. The van der Waals surface area contributed by atoms with Gasteiger partial charge in [0.05, 0.1) is 11.4 Å². The molecule has 1 heterocycles. The third-order valence-electron chi connectivity index (χ3n) is 3.07. The lowest BCUT2D eigenvalue weighted by Crippen LogP contribution is -2.13. The van der Waals surface area contributed by atoms with Gasteiger partial charge in [-0.2, -0.15) is 10.2 Å². The van der Waals surface area contributed by atoms with E-state index in [4.69, 9.17) is 0 Å². The molecule has 0 N–H and O–H groups in total. The average Bonchev–Trinajstić information content (AvgIpc) is 2.32. The Labute approximate surface area is 99.5 Å². The van der Waals surface area contributed by atoms with Gasteiger partial charge in [0.25, 0.3) is 0 Å². The van der Waals surface area contributed by atoms with Crippen molar-refractivity contribution < 1.29 is 0 Å². The minimum absolute atomic E-state index is 0.509. The Morgan fingerprint density at radius 3 is 2.06 bits per heavy atom. The van der Waals surface area contributed by atoms with Crippen LogP contribution < -0.4 is 0 Å². The molecular formula is C14H24N2. The lowest BCUT2D eigenvalue weighted by Gasteiger charge is -2.21. The zero-order valence-electron chi connectivity index (χ0n) is 11.3. The van der Waals surface area contributed by atoms with E-state index in [2.05, 4.69) is 31.0 Å². The van der Waals surface area contributed by atoms with Crippen LogP contribution in [-0.2, 0) is 12.8 Å². The van der Waals surface area contributed by atoms with Crippen molar-refractivity contribution in [3.63, 3.8) is 0 Å². The molecule has 0 spiro atoms. The molecule has 2 heteroatoms. The molecule has 16 heavy (non-hydrogen) atoms. The minimum Gasteiger partial charge on any atom is -0.155 e. The quantitative estimate of drug-likeness (QED) is 0.719. The summed E-state index contributed by atoms with van der Waals surface area (Å²) in [6.07, 6.45) is 5.05. The summed E-state index contributed by atoms with van der Waals surface area (Å²) >= 11 is 0. The highest BCUT2D eigenvalue weighted by Gasteiger charge is 2.18. The zero-order valence-corrected chi connectivity index (χ0v) is 11.3. The van der Waals surface area contributed by atoms with Gasteiger partial charge < -0.3 is 0 Å². The maximum absolute atomic E-state index is 4.34. The Hall–Kier alpha value is -0.920. The smallest absolute Gasteiger partial charge is 0.0691 e. The van der Waals surface area contributed by atoms with Gasteiger partial charge in [-0.15, -0.1) is 0 Å². The molecule has 90 valence electrons. The number of hydrogen-bond donors (Lipinski definition) is 0. The molecule has 0 radical (unpaired) electrons. The second-order valence-corrected chi connectivity index (χ2v) is 4.49. The lowest BCUT2D eigenvalue weighted by molar-refractivity contribution is 0.638. The number of rotatable bonds is 1. The van der Waals surface area contributed by atoms with Gasteiger partial charge in [0.1, 0.15) is 0 Å². The van der Waals surface area contributed by atoms with Crippen molar-refractivity contribution in [3.05, 3.63) is 22.5 Å². The largest absolute Gasteiger partial charge is 0.155 e. The summed E-state index contributed by atoms with van der Waals surface area (Å²) in [6.45, 7) is 10.5. The van der Waals surface area contributed by atoms with Gasteiger partial charge in [-0.3, -0.25) is 0 Å². The van der Waals surface area contributed by atoms with E-state index in [9.17, 15) is 0 Å². The summed E-state index contributed by atoms with van der Waals surface area (Å²) in [5.74, 6) is 0.509. The topological polar surface area (TPSA) is 25.8 Å². The molecule has 0 aliphatic heterocycles. The van der Waals surface area contributed by atoms with E-state index in [-0.39, 0.29) is 0 Å². The van der Waals surface area contributed by atoms with Crippen LogP contribution in [0.5, 0.6) is 0 Å². The molecule has 0 saturated carbocycles. The monoisotopic (exact) mass is 220 g/mol. The van der Waals surface area contributed by atoms with Gasteiger partial charge in [-0.25, -0.2) is 0 Å². The standard InChI is InChI=1S/C12H18N2.C2H6/c1-8(2)12-11-7-5-4-6-10(11)9(3)13-14-12;1-2/h8H,4-7H2,1-3H3;1-2H3. The van der Waals surface area contributed by atoms with Crippen molar-refractivity contribution in [1.29, 1.82) is 0 Å². The van der Waals surface area contributed by atoms with Crippen molar-refractivity contribution in [2.24, 2.45) is 0 Å². The Morgan fingerprint density at radius 1 is 0.938 bits per heavy atom. The Bertz CT molecular complexity index is 343. The second kappa shape index (κ2) is 5.97. The third-order valence-corrected chi connectivity index (χ3v) is 3.07. The van der Waals surface area contributed by atoms with Gasteiger partial charge in [-0.05, 0) is 49.7 Å². The summed E-state index contributed by atoms with van der Waals surface area (Å²) < 4.78 is 0. The lowest BCUT2D eigenvalue weighted by atomic mass is 9.87. The summed E-state index contributed by atoms with van der Waals surface area (Å²) in [6, 6.07) is 0. The molecule has 1 aliphatic rings. The Balaban J connectivity index is 0.000000606. The van der Waals surface area contributed by atoms with Gasteiger partial charge in [0.15, 0.2) is 0 Å². The van der Waals surface area contributed by atoms with Crippen molar-refractivity contribution >= 4 is 0 Å². The molecular weight excluding hydrogens is 196 g/mol. The Kier molecular flexibility index (Phi) is 4.91. The summed E-state index contributed by atoms with van der Waals surface area (Å²) in [5, 5.41) is 8.60. The molecule has 0 amide bonds. The zero-order chi connectivity index (χ0) is 12.1. The molecule has 0 aromatic carbocycles. The molecule has 0 bridgehead atoms. The van der Waals surface area contributed by atoms with Crippen LogP contribution in [0.1, 0.15) is 69.0 Å². The first kappa shape index (κ1) is 13.1. The van der Waals surface area contributed by atoms with Crippen molar-refractivity contribution in [1.82, 2.24) is 10.2 Å². The van der Waals surface area contributed by atoms with Crippen LogP contribution in [0.15, 0.2) is 0 Å². The number of hydrogen-bond acceptors (Lipinski definition) is 2. The number of nitrogens with zero attached hydrogens (tertiary/aromatic N) is 2. The van der Waals surface area contributed by atoms with E-state index in [0.29, 0.717) is 5.92 Å². The van der Waals surface area contributed by atoms with Crippen LogP contribution in [0.3, 0.4) is 0 Å². The molecule has 0 saturated heterocycles. The summed E-state index contributed by atoms with van der Waals surface area (Å²) in [5.41, 5.74) is 5.35. The molecule has 0 atom stereocenters. The van der Waals surface area contributed by atoms with Gasteiger partial charge in [0.2, 0.25) is 0 Å². The fourth-order valence-electron chi connectivity index (χ4n) is 2.30. The highest BCUT2D eigenvalue weighted by molar-refractivity contribution is 5.35. The highest BCUT2D eigenvalue weighted by Crippen LogP contribution is 2.28. The average molecular weight is 220 g/mol. The van der Waals surface area contributed by atoms with Gasteiger partial charge in [-0.1, -0.05) is 27.7 Å². The summed E-state index contributed by atoms with van der Waals surface area (Å²) in [4.78, 5) is 0. The predicted molar refractivity (Wildman–Crippen MR) is 68.8 cm³/mol. The van der Waals surface area contributed by atoms with E-state index in [1.165, 1.54) is 42.5 Å². The summed E-state index contributed by atoms with van der Waals surface area (Å²) in [7, 11) is 0. The highest BCUT2D eigenvalue weighted by atomic mass is 15.1. The van der Waals surface area contributed by atoms with Crippen molar-refractivity contribution in [3.8, 4) is 0 Å². The van der Waals surface area contributed by atoms with E-state index >= 15 is 0 Å². The fraction of sp³-hybridized carbons (Fsp3) is 0.714. The number of aromatic nitrogens is 2. The molecule has 0 unspecified atom stereocenters. The molecule has 2 rings (SSSR count). The van der Waals surface area contributed by atoms with Crippen molar-refractivity contribution in [2.75, 3.05) is 0 Å². The molecule has 2 nitrogen and oxygen atoms in total. The molecule has 1 aromatic heterocycles. The first-order chi connectivity index (χ1) is 7.70. The van der Waals surface area contributed by atoms with Crippen LogP contribution >= 0.6 is 0 Å². The van der Waals surface area contributed by atoms with Gasteiger partial charge in [0, 0.05) is 0 Å².